The number of imidazole rings is 1. The first-order valence-corrected chi connectivity index (χ1v) is 8.81. The number of hydrogen-bond donors (Lipinski definition) is 1. The lowest BCUT2D eigenvalue weighted by Gasteiger charge is -2.17. The molecule has 0 fully saturated rings. The molecule has 2 N–H and O–H groups in total. The van der Waals surface area contributed by atoms with Gasteiger partial charge in [-0.15, -0.1) is 22.1 Å². The molecule has 3 aromatic rings. The van der Waals surface area contributed by atoms with Crippen LogP contribution in [0.4, 0.5) is 0 Å². The summed E-state index contributed by atoms with van der Waals surface area (Å²) in [5, 5.41) is 8.17. The fraction of sp³-hybridized carbons (Fsp3) is 0.250. The Bertz CT molecular complexity index is 943. The topological polar surface area (TPSA) is 63.0 Å². The van der Waals surface area contributed by atoms with Crippen molar-refractivity contribution in [2.24, 2.45) is 23.0 Å². The van der Waals surface area contributed by atoms with Gasteiger partial charge in [0.05, 0.1) is 19.5 Å². The molecule has 1 aromatic carbocycles. The molecule has 3 rings (SSSR count). The molecule has 0 aliphatic heterocycles. The maximum Gasteiger partial charge on any atom is 0.286 e. The summed E-state index contributed by atoms with van der Waals surface area (Å²) >= 11 is 0. The first kappa shape index (κ1) is 23.8. The third-order valence-electron chi connectivity index (χ3n) is 4.49. The molecule has 0 aliphatic carbocycles. The predicted octanol–water partition coefficient (Wildman–Crippen LogP) is 0.00310. The largest absolute Gasteiger partial charge is 1.00 e. The highest BCUT2D eigenvalue weighted by molar-refractivity contribution is 8.93. The first-order chi connectivity index (χ1) is 12.6. The van der Waals surface area contributed by atoms with Gasteiger partial charge in [-0.3, -0.25) is 0 Å². The van der Waals surface area contributed by atoms with Crippen LogP contribution in [0, 0.1) is 0 Å². The maximum absolute atomic E-state index is 5.91. The molecule has 0 spiro atoms. The third kappa shape index (κ3) is 5.20. The molecule has 6 nitrogen and oxygen atoms in total. The Morgan fingerprint density at radius 2 is 1.82 bits per heavy atom. The second-order valence-corrected chi connectivity index (χ2v) is 6.04. The highest BCUT2D eigenvalue weighted by atomic mass is 79.9. The van der Waals surface area contributed by atoms with Crippen molar-refractivity contribution in [2.75, 3.05) is 13.1 Å². The summed E-state index contributed by atoms with van der Waals surface area (Å²) in [7, 11) is 2.07. The molecule has 0 saturated heterocycles. The van der Waals surface area contributed by atoms with Crippen molar-refractivity contribution in [1.29, 1.82) is 0 Å². The number of guanidine groups is 1. The second kappa shape index (κ2) is 11.0. The molecule has 0 amide bonds. The Morgan fingerprint density at radius 1 is 1.14 bits per heavy atom. The minimum Gasteiger partial charge on any atom is -1.00 e. The van der Waals surface area contributed by atoms with E-state index >= 15 is 0 Å². The van der Waals surface area contributed by atoms with Crippen LogP contribution in [0.25, 0.3) is 16.9 Å². The summed E-state index contributed by atoms with van der Waals surface area (Å²) < 4.78 is 4.30. The zero-order chi connectivity index (χ0) is 18.5. The van der Waals surface area contributed by atoms with Crippen molar-refractivity contribution in [2.45, 2.75) is 13.8 Å². The average molecular weight is 510 g/mol. The highest BCUT2D eigenvalue weighted by Crippen LogP contribution is 2.19. The number of fused-ring (bicyclic) bond motifs is 1. The van der Waals surface area contributed by atoms with E-state index in [1.54, 1.807) is 6.21 Å². The van der Waals surface area contributed by atoms with Gasteiger partial charge in [0.25, 0.3) is 5.65 Å². The monoisotopic (exact) mass is 508 g/mol. The van der Waals surface area contributed by atoms with Gasteiger partial charge in [-0.05, 0) is 37.6 Å². The lowest BCUT2D eigenvalue weighted by Crippen LogP contribution is -3.00. The molecule has 0 saturated carbocycles. The van der Waals surface area contributed by atoms with Crippen LogP contribution in [0.5, 0.6) is 0 Å². The van der Waals surface area contributed by atoms with E-state index in [0.717, 1.165) is 35.6 Å². The number of halogens is 2. The van der Waals surface area contributed by atoms with E-state index in [0.29, 0.717) is 5.96 Å². The van der Waals surface area contributed by atoms with Crippen LogP contribution in [0.3, 0.4) is 0 Å². The number of pyridine rings is 1. The van der Waals surface area contributed by atoms with E-state index in [4.69, 9.17) is 5.73 Å². The van der Waals surface area contributed by atoms with Gasteiger partial charge in [-0.2, -0.15) is 5.10 Å². The van der Waals surface area contributed by atoms with Gasteiger partial charge in [-0.25, -0.2) is 8.97 Å². The smallest absolute Gasteiger partial charge is 0.286 e. The third-order valence-corrected chi connectivity index (χ3v) is 4.49. The summed E-state index contributed by atoms with van der Waals surface area (Å²) in [6, 6.07) is 14.4. The van der Waals surface area contributed by atoms with Gasteiger partial charge < -0.3 is 27.6 Å². The summed E-state index contributed by atoms with van der Waals surface area (Å²) in [6.45, 7) is 5.72. The summed E-state index contributed by atoms with van der Waals surface area (Å²) in [6.07, 6.45) is 5.90. The van der Waals surface area contributed by atoms with E-state index in [-0.39, 0.29) is 34.0 Å². The first-order valence-electron chi connectivity index (χ1n) is 8.81. The average Bonchev–Trinajstić information content (AvgIpc) is 3.00. The van der Waals surface area contributed by atoms with E-state index in [9.17, 15) is 0 Å². The van der Waals surface area contributed by atoms with Gasteiger partial charge in [0.15, 0.2) is 5.69 Å². The number of hydrogen-bond acceptors (Lipinski definition) is 2. The van der Waals surface area contributed by atoms with Gasteiger partial charge in [0.2, 0.25) is 5.96 Å². The Balaban J connectivity index is 0.00000196. The van der Waals surface area contributed by atoms with Crippen molar-refractivity contribution >= 4 is 34.8 Å². The van der Waals surface area contributed by atoms with Crippen LogP contribution in [-0.2, 0) is 7.05 Å². The van der Waals surface area contributed by atoms with Crippen molar-refractivity contribution in [3.63, 3.8) is 0 Å². The number of nitrogens with two attached hydrogens (primary N) is 1. The Morgan fingerprint density at radius 3 is 2.43 bits per heavy atom. The predicted molar refractivity (Wildman–Crippen MR) is 116 cm³/mol. The minimum absolute atomic E-state index is 0. The summed E-state index contributed by atoms with van der Waals surface area (Å²) in [4.78, 5) is 1.96. The maximum atomic E-state index is 5.91. The molecule has 0 aliphatic rings. The number of aromatic nitrogens is 2. The Hall–Kier alpha value is -2.19. The van der Waals surface area contributed by atoms with Crippen molar-refractivity contribution in [3.8, 4) is 11.3 Å². The van der Waals surface area contributed by atoms with Crippen LogP contribution in [0.15, 0.2) is 65.1 Å². The number of nitrogens with zero attached hydrogens (tertiary/aromatic N) is 5. The van der Waals surface area contributed by atoms with Crippen molar-refractivity contribution in [1.82, 2.24) is 9.47 Å². The second-order valence-electron chi connectivity index (χ2n) is 6.04. The molecular weight excluding hydrogens is 484 g/mol. The fourth-order valence-electron chi connectivity index (χ4n) is 2.96. The zero-order valence-corrected chi connectivity index (χ0v) is 19.6. The molecule has 0 atom stereocenters. The Kier molecular flexibility index (Phi) is 9.34. The van der Waals surface area contributed by atoms with Crippen LogP contribution in [-0.4, -0.2) is 34.7 Å². The lowest BCUT2D eigenvalue weighted by molar-refractivity contribution is -0.510. The standard InChI is InChI=1S/C20H25N6.2BrH/c1-4-25(5-2)20(21)23-22-14-16-9-11-17(12-10-16)18-15-26-13-7-6-8-19(26)24(18)3;;/h6-15H,4-5H2,1-3H3,(H2,21,23);2*1H/q+1;;/p-1/b22-14+;;. The van der Waals surface area contributed by atoms with Gasteiger partial charge >= 0.3 is 0 Å². The van der Waals surface area contributed by atoms with E-state index < -0.39 is 0 Å². The van der Waals surface area contributed by atoms with E-state index in [1.165, 1.54) is 0 Å². The lowest BCUT2D eigenvalue weighted by atomic mass is 10.1. The minimum atomic E-state index is 0. The molecule has 2 aromatic heterocycles. The molecule has 2 heterocycles. The van der Waals surface area contributed by atoms with Crippen LogP contribution in [0.1, 0.15) is 19.4 Å². The normalized spacial score (nSPS) is 11.3. The number of benzene rings is 1. The summed E-state index contributed by atoms with van der Waals surface area (Å²) in [5.74, 6) is 0.440. The van der Waals surface area contributed by atoms with E-state index in [2.05, 4.69) is 56.8 Å². The van der Waals surface area contributed by atoms with Crippen LogP contribution >= 0.6 is 17.0 Å². The molecule has 0 radical (unpaired) electrons. The number of aryl methyl sites for hydroxylation is 1. The van der Waals surface area contributed by atoms with E-state index in [1.807, 2.05) is 43.0 Å². The van der Waals surface area contributed by atoms with Crippen molar-refractivity contribution in [3.05, 3.63) is 60.4 Å². The van der Waals surface area contributed by atoms with Gasteiger partial charge in [0.1, 0.15) is 6.20 Å². The van der Waals surface area contributed by atoms with Crippen LogP contribution < -0.4 is 27.1 Å². The number of rotatable bonds is 5. The fourth-order valence-corrected chi connectivity index (χ4v) is 2.96. The van der Waals surface area contributed by atoms with Gasteiger partial charge in [-0.1, -0.05) is 18.2 Å². The quantitative estimate of drug-likeness (QED) is 0.228. The molecule has 28 heavy (non-hydrogen) atoms. The molecule has 150 valence electrons. The summed E-state index contributed by atoms with van der Waals surface area (Å²) in [5.41, 5.74) is 10.4. The van der Waals surface area contributed by atoms with Crippen LogP contribution in [0.2, 0.25) is 0 Å². The molecule has 0 bridgehead atoms. The van der Waals surface area contributed by atoms with Crippen molar-refractivity contribution < 1.29 is 21.4 Å². The molecule has 8 heteroatoms. The Labute approximate surface area is 186 Å². The SMILES string of the molecule is Br.CCN(CC)/C(N)=N/N=C/c1ccc(-c2c[n+]3ccccc3n2C)cc1.[Br-]. The zero-order valence-electron chi connectivity index (χ0n) is 16.3. The molecular formula is C20H26Br2N6. The van der Waals surface area contributed by atoms with Gasteiger partial charge in [0, 0.05) is 24.7 Å². The molecule has 0 unspecified atom stereocenters. The highest BCUT2D eigenvalue weighted by Gasteiger charge is 2.14.